The number of benzene rings is 1. The zero-order valence-corrected chi connectivity index (χ0v) is 10.9. The zero-order chi connectivity index (χ0) is 12.9. The Morgan fingerprint density at radius 3 is 2.53 bits per heavy atom. The van der Waals surface area contributed by atoms with E-state index < -0.39 is 16.1 Å². The van der Waals surface area contributed by atoms with Crippen LogP contribution in [0.2, 0.25) is 5.02 Å². The lowest BCUT2D eigenvalue weighted by Gasteiger charge is -2.07. The number of aliphatic hydroxyl groups is 1. The number of hydrogen-bond acceptors (Lipinski definition) is 3. The summed E-state index contributed by atoms with van der Waals surface area (Å²) in [6, 6.07) is 6.28. The third-order valence-electron chi connectivity index (χ3n) is 1.95. The molecule has 0 radical (unpaired) electrons. The van der Waals surface area contributed by atoms with E-state index in [1.807, 2.05) is 0 Å². The Labute approximate surface area is 106 Å². The maximum absolute atomic E-state index is 11.5. The molecule has 1 rings (SSSR count). The number of halogens is 1. The smallest absolute Gasteiger partial charge is 0.234 e. The van der Waals surface area contributed by atoms with Gasteiger partial charge in [0.2, 0.25) is 10.0 Å². The van der Waals surface area contributed by atoms with Gasteiger partial charge in [0.15, 0.2) is 0 Å². The molecule has 0 amide bonds. The van der Waals surface area contributed by atoms with Gasteiger partial charge >= 0.3 is 0 Å². The number of rotatable bonds is 5. The Morgan fingerprint density at radius 1 is 1.41 bits per heavy atom. The molecule has 1 aromatic rings. The van der Waals surface area contributed by atoms with Crippen molar-refractivity contribution in [1.82, 2.24) is 4.72 Å². The van der Waals surface area contributed by atoms with Crippen LogP contribution < -0.4 is 4.72 Å². The molecule has 0 aliphatic heterocycles. The van der Waals surface area contributed by atoms with Gasteiger partial charge in [-0.3, -0.25) is 0 Å². The van der Waals surface area contributed by atoms with Gasteiger partial charge in [-0.05, 0) is 30.7 Å². The molecule has 17 heavy (non-hydrogen) atoms. The van der Waals surface area contributed by atoms with Crippen LogP contribution in [0.1, 0.15) is 12.5 Å². The van der Waals surface area contributed by atoms with Gasteiger partial charge in [-0.1, -0.05) is 23.7 Å². The lowest BCUT2D eigenvalue weighted by Crippen LogP contribution is -2.33. The van der Waals surface area contributed by atoms with E-state index in [4.69, 9.17) is 16.7 Å². The molecule has 2 N–H and O–H groups in total. The van der Waals surface area contributed by atoms with Crippen LogP contribution in [0.3, 0.4) is 0 Å². The van der Waals surface area contributed by atoms with Gasteiger partial charge < -0.3 is 5.11 Å². The minimum atomic E-state index is -3.52. The van der Waals surface area contributed by atoms with Crippen molar-refractivity contribution in [2.45, 2.75) is 13.0 Å². The minimum absolute atomic E-state index is 0.242. The van der Waals surface area contributed by atoms with Gasteiger partial charge in [0.05, 0.1) is 6.61 Å². The third kappa shape index (κ3) is 5.32. The average molecular weight is 276 g/mol. The average Bonchev–Trinajstić information content (AvgIpc) is 2.28. The van der Waals surface area contributed by atoms with Gasteiger partial charge in [0, 0.05) is 16.5 Å². The van der Waals surface area contributed by atoms with Crippen molar-refractivity contribution in [3.05, 3.63) is 40.3 Å². The molecule has 0 bridgehead atoms. The second kappa shape index (κ2) is 6.16. The van der Waals surface area contributed by atoms with Crippen LogP contribution in [-0.4, -0.2) is 26.2 Å². The molecule has 4 nitrogen and oxygen atoms in total. The molecule has 0 fully saturated rings. The van der Waals surface area contributed by atoms with Crippen LogP contribution >= 0.6 is 11.6 Å². The molecule has 0 unspecified atom stereocenters. The first kappa shape index (κ1) is 14.2. The van der Waals surface area contributed by atoms with Crippen molar-refractivity contribution in [1.29, 1.82) is 0 Å². The largest absolute Gasteiger partial charge is 0.395 e. The highest BCUT2D eigenvalue weighted by Crippen LogP contribution is 2.11. The second-order valence-corrected chi connectivity index (χ2v) is 5.64. The van der Waals surface area contributed by atoms with Crippen LogP contribution in [0.5, 0.6) is 0 Å². The molecular formula is C11H14ClNO3S. The van der Waals surface area contributed by atoms with E-state index in [-0.39, 0.29) is 6.61 Å². The van der Waals surface area contributed by atoms with E-state index in [1.54, 1.807) is 31.2 Å². The second-order valence-electron chi connectivity index (χ2n) is 3.60. The maximum Gasteiger partial charge on any atom is 0.234 e. The summed E-state index contributed by atoms with van der Waals surface area (Å²) in [5.74, 6) is 0. The summed E-state index contributed by atoms with van der Waals surface area (Å²) in [6.45, 7) is 1.34. The highest BCUT2D eigenvalue weighted by Gasteiger charge is 2.09. The van der Waals surface area contributed by atoms with E-state index >= 15 is 0 Å². The van der Waals surface area contributed by atoms with Gasteiger partial charge in [0.25, 0.3) is 0 Å². The molecule has 0 aliphatic rings. The van der Waals surface area contributed by atoms with Gasteiger partial charge in [-0.15, -0.1) is 0 Å². The fourth-order valence-electron chi connectivity index (χ4n) is 1.10. The summed E-state index contributed by atoms with van der Waals surface area (Å²) >= 11 is 5.71. The molecular weight excluding hydrogens is 262 g/mol. The van der Waals surface area contributed by atoms with E-state index in [9.17, 15) is 8.42 Å². The van der Waals surface area contributed by atoms with Crippen molar-refractivity contribution in [3.8, 4) is 0 Å². The Balaban J connectivity index is 2.73. The summed E-state index contributed by atoms with van der Waals surface area (Å²) < 4.78 is 25.3. The van der Waals surface area contributed by atoms with Crippen LogP contribution in [0.25, 0.3) is 6.08 Å². The molecule has 0 heterocycles. The lowest BCUT2D eigenvalue weighted by atomic mass is 10.2. The van der Waals surface area contributed by atoms with E-state index in [2.05, 4.69) is 4.72 Å². The first-order valence-corrected chi connectivity index (χ1v) is 6.92. The molecule has 0 spiro atoms. The number of aliphatic hydroxyl groups excluding tert-OH is 1. The predicted octanol–water partition coefficient (Wildman–Crippen LogP) is 1.61. The first-order chi connectivity index (χ1) is 7.93. The third-order valence-corrected chi connectivity index (χ3v) is 3.43. The zero-order valence-electron chi connectivity index (χ0n) is 9.30. The fraction of sp³-hybridized carbons (Fsp3) is 0.273. The molecule has 0 saturated carbocycles. The highest BCUT2D eigenvalue weighted by atomic mass is 35.5. The summed E-state index contributed by atoms with van der Waals surface area (Å²) in [4.78, 5) is 0. The molecule has 0 saturated heterocycles. The summed E-state index contributed by atoms with van der Waals surface area (Å²) in [5.41, 5.74) is 0.733. The van der Waals surface area contributed by atoms with Crippen LogP contribution in [0.4, 0.5) is 0 Å². The van der Waals surface area contributed by atoms with E-state index in [0.717, 1.165) is 11.0 Å². The quantitative estimate of drug-likeness (QED) is 0.858. The number of nitrogens with one attached hydrogen (secondary N) is 1. The van der Waals surface area contributed by atoms with Crippen molar-refractivity contribution in [2.75, 3.05) is 6.61 Å². The van der Waals surface area contributed by atoms with E-state index in [1.165, 1.54) is 6.08 Å². The lowest BCUT2D eigenvalue weighted by molar-refractivity contribution is 0.265. The molecule has 1 aromatic carbocycles. The first-order valence-electron chi connectivity index (χ1n) is 5.00. The van der Waals surface area contributed by atoms with Crippen LogP contribution in [0, 0.1) is 0 Å². The van der Waals surface area contributed by atoms with Crippen molar-refractivity contribution in [2.24, 2.45) is 0 Å². The molecule has 0 aliphatic carbocycles. The summed E-state index contributed by atoms with van der Waals surface area (Å²) in [5, 5.41) is 10.4. The summed E-state index contributed by atoms with van der Waals surface area (Å²) in [7, 11) is -3.52. The Kier molecular flexibility index (Phi) is 5.14. The topological polar surface area (TPSA) is 66.4 Å². The highest BCUT2D eigenvalue weighted by molar-refractivity contribution is 7.92. The monoisotopic (exact) mass is 275 g/mol. The summed E-state index contributed by atoms with van der Waals surface area (Å²) in [6.07, 6.45) is 1.46. The molecule has 6 heteroatoms. The van der Waals surface area contributed by atoms with Crippen LogP contribution in [-0.2, 0) is 10.0 Å². The number of sulfonamides is 1. The molecule has 0 aromatic heterocycles. The minimum Gasteiger partial charge on any atom is -0.395 e. The Morgan fingerprint density at radius 2 is 2.00 bits per heavy atom. The number of hydrogen-bond donors (Lipinski definition) is 2. The van der Waals surface area contributed by atoms with Crippen molar-refractivity contribution in [3.63, 3.8) is 0 Å². The Hall–Kier alpha value is -0.880. The van der Waals surface area contributed by atoms with Crippen molar-refractivity contribution >= 4 is 27.7 Å². The standard InChI is InChI=1S/C11H14ClNO3S/c1-9(8-14)13-17(15,16)7-6-10-2-4-11(12)5-3-10/h2-7,9,13-14H,8H2,1H3/b7-6+/t9-/m0/s1. The fourth-order valence-corrected chi connectivity index (χ4v) is 2.28. The molecule has 94 valence electrons. The maximum atomic E-state index is 11.5. The van der Waals surface area contributed by atoms with Gasteiger partial charge in [0.1, 0.15) is 0 Å². The normalized spacial score (nSPS) is 14.1. The van der Waals surface area contributed by atoms with Crippen molar-refractivity contribution < 1.29 is 13.5 Å². The molecule has 1 atom stereocenters. The van der Waals surface area contributed by atoms with Gasteiger partial charge in [-0.25, -0.2) is 13.1 Å². The SMILES string of the molecule is C[C@@H](CO)NS(=O)(=O)/C=C/c1ccc(Cl)cc1. The Bertz CT molecular complexity index is 482. The predicted molar refractivity (Wildman–Crippen MR) is 69.1 cm³/mol. The van der Waals surface area contributed by atoms with E-state index in [0.29, 0.717) is 5.02 Å². The van der Waals surface area contributed by atoms with Crippen LogP contribution in [0.15, 0.2) is 29.7 Å². The van der Waals surface area contributed by atoms with Gasteiger partial charge in [-0.2, -0.15) is 0 Å².